The Balaban J connectivity index is 1.34. The van der Waals surface area contributed by atoms with Gasteiger partial charge in [-0.15, -0.1) is 0 Å². The van der Waals surface area contributed by atoms with E-state index in [1.54, 1.807) is 19.3 Å². The second kappa shape index (κ2) is 6.72. The number of nitrogens with two attached hydrogens (primary N) is 1. The number of aromatic nitrogens is 4. The first-order valence-corrected chi connectivity index (χ1v) is 9.92. The van der Waals surface area contributed by atoms with Gasteiger partial charge in [0.1, 0.15) is 35.2 Å². The number of nitrogens with zero attached hydrogens (tertiary/aromatic N) is 4. The molecule has 3 aliphatic heterocycles. The molecule has 5 rings (SSSR count). The lowest BCUT2D eigenvalue weighted by molar-refractivity contribution is 0.135. The third-order valence-corrected chi connectivity index (χ3v) is 6.13. The first-order valence-electron chi connectivity index (χ1n) is 9.92. The predicted octanol–water partition coefficient (Wildman–Crippen LogP) is 2.90. The number of aryl methyl sites for hydroxylation is 1. The molecule has 8 nitrogen and oxygen atoms in total. The van der Waals surface area contributed by atoms with Crippen molar-refractivity contribution in [2.24, 2.45) is 11.8 Å². The molecule has 1 aromatic heterocycles. The van der Waals surface area contributed by atoms with Crippen LogP contribution in [0.3, 0.4) is 0 Å². The Morgan fingerprint density at radius 1 is 1.34 bits per heavy atom. The van der Waals surface area contributed by atoms with E-state index in [1.165, 1.54) is 11.9 Å². The van der Waals surface area contributed by atoms with Crippen molar-refractivity contribution in [2.45, 2.75) is 45.8 Å². The molecule has 0 spiro atoms. The highest BCUT2D eigenvalue weighted by Gasteiger charge is 2.34. The van der Waals surface area contributed by atoms with Crippen molar-refractivity contribution >= 4 is 11.9 Å². The monoisotopic (exact) mass is 393 g/mol. The Morgan fingerprint density at radius 3 is 3.07 bits per heavy atom. The van der Waals surface area contributed by atoms with Crippen LogP contribution in [0, 0.1) is 18.8 Å². The molecule has 29 heavy (non-hydrogen) atoms. The fraction of sp³-hybridized carbons (Fsp3) is 0.429. The fourth-order valence-corrected chi connectivity index (χ4v) is 4.51. The molecule has 0 saturated heterocycles. The summed E-state index contributed by atoms with van der Waals surface area (Å²) in [7, 11) is 0. The number of anilines is 1. The molecule has 0 aromatic carbocycles. The Bertz CT molecular complexity index is 1130. The van der Waals surface area contributed by atoms with Gasteiger partial charge in [0.15, 0.2) is 11.6 Å². The fourth-order valence-electron chi connectivity index (χ4n) is 4.51. The van der Waals surface area contributed by atoms with Crippen LogP contribution in [0.1, 0.15) is 37.5 Å². The summed E-state index contributed by atoms with van der Waals surface area (Å²) in [5, 5.41) is 0. The van der Waals surface area contributed by atoms with E-state index in [0.29, 0.717) is 40.4 Å². The number of ether oxygens (including phenoxy) is 1. The van der Waals surface area contributed by atoms with Crippen LogP contribution in [0.4, 0.5) is 5.82 Å². The molecule has 2 N–H and O–H groups in total. The zero-order valence-electron chi connectivity index (χ0n) is 16.5. The number of hydrogen-bond donors (Lipinski definition) is 1. The van der Waals surface area contributed by atoms with Crippen molar-refractivity contribution in [3.05, 3.63) is 46.0 Å². The van der Waals surface area contributed by atoms with Crippen LogP contribution in [0.25, 0.3) is 17.6 Å². The standard InChI is InChI=1S/C21H23N5O3/c1-11(8-26-10-25-19(22)18-20(26)24-9-23-18)13-3-4-14-6-15-17(29-16(14)7-13)5-12(2)28-21(15)27/h5-6,9-11,13,16H,3-4,7-8,22H2,1-2H3/t11?,13-,16-/m0/s1. The van der Waals surface area contributed by atoms with Gasteiger partial charge in [0.25, 0.3) is 0 Å². The normalized spacial score (nSPS) is 21.8. The van der Waals surface area contributed by atoms with Crippen molar-refractivity contribution in [3.8, 4) is 17.3 Å². The first-order chi connectivity index (χ1) is 14.0. The zero-order chi connectivity index (χ0) is 20.1. The van der Waals surface area contributed by atoms with Gasteiger partial charge in [-0.05, 0) is 49.7 Å². The van der Waals surface area contributed by atoms with Gasteiger partial charge in [0.2, 0.25) is 0 Å². The molecule has 1 aromatic rings. The van der Waals surface area contributed by atoms with E-state index in [0.717, 1.165) is 31.6 Å². The average molecular weight is 393 g/mol. The van der Waals surface area contributed by atoms with E-state index in [2.05, 4.69) is 21.9 Å². The van der Waals surface area contributed by atoms with E-state index >= 15 is 0 Å². The molecule has 1 aliphatic carbocycles. The Labute approximate surface area is 167 Å². The molecule has 0 radical (unpaired) electrons. The van der Waals surface area contributed by atoms with Gasteiger partial charge in [0, 0.05) is 12.6 Å². The third kappa shape index (κ3) is 3.08. The molecule has 3 atom stereocenters. The highest BCUT2D eigenvalue weighted by molar-refractivity contribution is 5.64. The lowest BCUT2D eigenvalue weighted by atomic mass is 9.76. The summed E-state index contributed by atoms with van der Waals surface area (Å²) in [5.41, 5.74) is 7.94. The molecular weight excluding hydrogens is 370 g/mol. The molecule has 4 heterocycles. The van der Waals surface area contributed by atoms with Crippen LogP contribution in [0.15, 0.2) is 33.5 Å². The predicted molar refractivity (Wildman–Crippen MR) is 107 cm³/mol. The van der Waals surface area contributed by atoms with Gasteiger partial charge >= 0.3 is 5.63 Å². The molecule has 150 valence electrons. The van der Waals surface area contributed by atoms with Crippen molar-refractivity contribution in [1.29, 1.82) is 0 Å². The number of hydrogen-bond acceptors (Lipinski definition) is 7. The van der Waals surface area contributed by atoms with E-state index in [9.17, 15) is 4.79 Å². The summed E-state index contributed by atoms with van der Waals surface area (Å²) in [6.07, 6.45) is 8.14. The van der Waals surface area contributed by atoms with Crippen molar-refractivity contribution in [1.82, 2.24) is 19.5 Å². The van der Waals surface area contributed by atoms with Crippen LogP contribution in [-0.4, -0.2) is 25.6 Å². The summed E-state index contributed by atoms with van der Waals surface area (Å²) in [5.74, 6) is 3.26. The van der Waals surface area contributed by atoms with E-state index in [-0.39, 0.29) is 11.7 Å². The lowest BCUT2D eigenvalue weighted by Gasteiger charge is -2.37. The summed E-state index contributed by atoms with van der Waals surface area (Å²) in [4.78, 5) is 24.9. The minimum absolute atomic E-state index is 0.0122. The van der Waals surface area contributed by atoms with Gasteiger partial charge < -0.3 is 19.5 Å². The van der Waals surface area contributed by atoms with Gasteiger partial charge in [-0.2, -0.15) is 0 Å². The summed E-state index contributed by atoms with van der Waals surface area (Å²) >= 11 is 0. The van der Waals surface area contributed by atoms with E-state index < -0.39 is 0 Å². The summed E-state index contributed by atoms with van der Waals surface area (Å²) in [6, 6.07) is 1.80. The number of rotatable bonds is 3. The quantitative estimate of drug-likeness (QED) is 0.728. The third-order valence-electron chi connectivity index (χ3n) is 6.13. The minimum Gasteiger partial charge on any atom is -0.485 e. The topological polar surface area (TPSA) is 109 Å². The highest BCUT2D eigenvalue weighted by Crippen LogP contribution is 2.40. The smallest absolute Gasteiger partial charge is 0.346 e. The first kappa shape index (κ1) is 17.9. The summed E-state index contributed by atoms with van der Waals surface area (Å²) in [6.45, 7) is 4.81. The lowest BCUT2D eigenvalue weighted by Crippen LogP contribution is -2.34. The molecular formula is C21H23N5O3. The second-order valence-electron chi connectivity index (χ2n) is 8.09. The molecule has 0 bridgehead atoms. The molecule has 1 fully saturated rings. The van der Waals surface area contributed by atoms with Crippen molar-refractivity contribution in [2.75, 3.05) is 5.73 Å². The van der Waals surface area contributed by atoms with Crippen molar-refractivity contribution < 1.29 is 9.15 Å². The van der Waals surface area contributed by atoms with Gasteiger partial charge in [-0.3, -0.25) is 0 Å². The van der Waals surface area contributed by atoms with Gasteiger partial charge in [-0.25, -0.2) is 19.7 Å². The molecule has 8 heteroatoms. The zero-order valence-corrected chi connectivity index (χ0v) is 16.5. The van der Waals surface area contributed by atoms with Crippen LogP contribution in [-0.2, 0) is 6.54 Å². The van der Waals surface area contributed by atoms with Crippen LogP contribution >= 0.6 is 0 Å². The van der Waals surface area contributed by atoms with Crippen LogP contribution < -0.4 is 16.1 Å². The maximum absolute atomic E-state index is 12.1. The Hall–Kier alpha value is -3.16. The SMILES string of the molecule is Cc1cc2c(c(=O)o1)C=C1CC[C@H](C(C)Cn3cnc(N)c4ncnc3-4)C[C@@H]1O2. The average Bonchev–Trinajstić information content (AvgIpc) is 3.19. The van der Waals surface area contributed by atoms with Crippen LogP contribution in [0.2, 0.25) is 0 Å². The van der Waals surface area contributed by atoms with Crippen LogP contribution in [0.5, 0.6) is 5.75 Å². The molecule has 0 amide bonds. The van der Waals surface area contributed by atoms with E-state index in [1.807, 2.05) is 10.6 Å². The molecule has 4 aliphatic rings. The summed E-state index contributed by atoms with van der Waals surface area (Å²) < 4.78 is 13.5. The Kier molecular flexibility index (Phi) is 4.15. The van der Waals surface area contributed by atoms with Gasteiger partial charge in [-0.1, -0.05) is 6.92 Å². The highest BCUT2D eigenvalue weighted by atomic mass is 16.5. The molecule has 1 unspecified atom stereocenters. The number of fused-ring (bicyclic) bond motifs is 3. The second-order valence-corrected chi connectivity index (χ2v) is 8.09. The van der Waals surface area contributed by atoms with E-state index in [4.69, 9.17) is 14.9 Å². The van der Waals surface area contributed by atoms with Gasteiger partial charge in [0.05, 0.1) is 6.33 Å². The largest absolute Gasteiger partial charge is 0.485 e. The molecule has 1 saturated carbocycles. The minimum atomic E-state index is -0.325. The number of imidazole rings is 1. The Morgan fingerprint density at radius 2 is 2.21 bits per heavy atom. The maximum atomic E-state index is 12.1. The maximum Gasteiger partial charge on any atom is 0.346 e. The number of nitrogen functional groups attached to an aromatic ring is 1. The van der Waals surface area contributed by atoms with Crippen molar-refractivity contribution in [3.63, 3.8) is 0 Å².